The number of carbonyl (C=O) groups excluding carboxylic acids is 2. The van der Waals surface area contributed by atoms with E-state index in [1.54, 1.807) is 23.1 Å². The Balaban J connectivity index is 1.75. The van der Waals surface area contributed by atoms with Crippen LogP contribution in [-0.4, -0.2) is 18.4 Å². The van der Waals surface area contributed by atoms with E-state index in [1.807, 2.05) is 32.0 Å². The van der Waals surface area contributed by atoms with Crippen LogP contribution in [0.2, 0.25) is 10.0 Å². The van der Waals surface area contributed by atoms with Gasteiger partial charge < -0.3 is 10.2 Å². The summed E-state index contributed by atoms with van der Waals surface area (Å²) in [5.74, 6) is -0.680. The summed E-state index contributed by atoms with van der Waals surface area (Å²) in [4.78, 5) is 26.7. The van der Waals surface area contributed by atoms with Crippen LogP contribution in [0.1, 0.15) is 17.5 Å². The van der Waals surface area contributed by atoms with Gasteiger partial charge in [0.1, 0.15) is 0 Å². The molecule has 0 saturated carbocycles. The van der Waals surface area contributed by atoms with E-state index in [9.17, 15) is 9.59 Å². The summed E-state index contributed by atoms with van der Waals surface area (Å²) < 4.78 is 0. The van der Waals surface area contributed by atoms with Crippen LogP contribution in [0, 0.1) is 19.8 Å². The van der Waals surface area contributed by atoms with Gasteiger partial charge in [-0.3, -0.25) is 9.59 Å². The van der Waals surface area contributed by atoms with Crippen molar-refractivity contribution in [2.45, 2.75) is 20.3 Å². The molecule has 1 aliphatic rings. The van der Waals surface area contributed by atoms with Gasteiger partial charge in [0.25, 0.3) is 0 Å². The Bertz CT molecular complexity index is 851. The molecule has 1 fully saturated rings. The summed E-state index contributed by atoms with van der Waals surface area (Å²) >= 11 is 12.0. The highest BCUT2D eigenvalue weighted by molar-refractivity contribution is 6.36. The molecule has 2 aromatic rings. The maximum Gasteiger partial charge on any atom is 0.229 e. The summed E-state index contributed by atoms with van der Waals surface area (Å²) in [5.41, 5.74) is 3.53. The highest BCUT2D eigenvalue weighted by atomic mass is 35.5. The van der Waals surface area contributed by atoms with E-state index < -0.39 is 5.92 Å². The molecule has 0 aromatic heterocycles. The second kappa shape index (κ2) is 7.06. The van der Waals surface area contributed by atoms with Gasteiger partial charge in [-0.1, -0.05) is 35.3 Å². The number of hydrogen-bond donors (Lipinski definition) is 1. The molecule has 1 atom stereocenters. The predicted molar refractivity (Wildman–Crippen MR) is 101 cm³/mol. The van der Waals surface area contributed by atoms with Crippen molar-refractivity contribution in [3.05, 3.63) is 57.6 Å². The van der Waals surface area contributed by atoms with Crippen molar-refractivity contribution in [3.63, 3.8) is 0 Å². The van der Waals surface area contributed by atoms with Crippen molar-refractivity contribution < 1.29 is 9.59 Å². The monoisotopic (exact) mass is 376 g/mol. The Morgan fingerprint density at radius 3 is 2.68 bits per heavy atom. The van der Waals surface area contributed by atoms with Gasteiger partial charge in [-0.05, 0) is 49.2 Å². The van der Waals surface area contributed by atoms with Crippen LogP contribution in [0.5, 0.6) is 0 Å². The second-order valence-corrected chi connectivity index (χ2v) is 7.08. The maximum atomic E-state index is 12.5. The molecule has 0 unspecified atom stereocenters. The fraction of sp³-hybridized carbons (Fsp3) is 0.263. The van der Waals surface area contributed by atoms with E-state index in [2.05, 4.69) is 5.32 Å². The van der Waals surface area contributed by atoms with Crippen LogP contribution in [-0.2, 0) is 9.59 Å². The molecule has 1 saturated heterocycles. The third-order valence-corrected chi connectivity index (χ3v) is 5.10. The van der Waals surface area contributed by atoms with E-state index in [1.165, 1.54) is 0 Å². The molecule has 1 heterocycles. The minimum atomic E-state index is -0.417. The standard InChI is InChI=1S/C19H18Cl2N2O2/c1-11-4-3-5-17(12(11)2)23-10-13(8-18(23)24)19(25)22-16-7-6-14(20)9-15(16)21/h3-7,9,13H,8,10H2,1-2H3,(H,22,25)/t13-/m0/s1. The molecule has 6 heteroatoms. The maximum absolute atomic E-state index is 12.5. The number of carbonyl (C=O) groups is 2. The first-order valence-corrected chi connectivity index (χ1v) is 8.75. The Kier molecular flexibility index (Phi) is 5.02. The normalized spacial score (nSPS) is 17.0. The molecular formula is C19H18Cl2N2O2. The highest BCUT2D eigenvalue weighted by Crippen LogP contribution is 2.31. The van der Waals surface area contributed by atoms with Crippen LogP contribution in [0.15, 0.2) is 36.4 Å². The molecule has 4 nitrogen and oxygen atoms in total. The summed E-state index contributed by atoms with van der Waals surface area (Å²) in [6.07, 6.45) is 0.185. The highest BCUT2D eigenvalue weighted by Gasteiger charge is 2.36. The van der Waals surface area contributed by atoms with Gasteiger partial charge in [0.05, 0.1) is 16.6 Å². The number of hydrogen-bond acceptors (Lipinski definition) is 2. The van der Waals surface area contributed by atoms with Crippen LogP contribution in [0.25, 0.3) is 0 Å². The van der Waals surface area contributed by atoms with Crippen molar-refractivity contribution >= 4 is 46.4 Å². The van der Waals surface area contributed by atoms with Gasteiger partial charge in [0.2, 0.25) is 11.8 Å². The lowest BCUT2D eigenvalue weighted by Crippen LogP contribution is -2.28. The molecule has 1 N–H and O–H groups in total. The molecule has 25 heavy (non-hydrogen) atoms. The van der Waals surface area contributed by atoms with Crippen LogP contribution < -0.4 is 10.2 Å². The number of amides is 2. The van der Waals surface area contributed by atoms with Gasteiger partial charge >= 0.3 is 0 Å². The zero-order chi connectivity index (χ0) is 18.1. The zero-order valence-electron chi connectivity index (χ0n) is 14.0. The molecule has 0 bridgehead atoms. The fourth-order valence-corrected chi connectivity index (χ4v) is 3.43. The van der Waals surface area contributed by atoms with Crippen molar-refractivity contribution in [1.82, 2.24) is 0 Å². The second-order valence-electron chi connectivity index (χ2n) is 6.24. The average Bonchev–Trinajstić information content (AvgIpc) is 2.94. The fourth-order valence-electron chi connectivity index (χ4n) is 2.97. The molecule has 0 spiro atoms. The molecular weight excluding hydrogens is 359 g/mol. The summed E-state index contributed by atoms with van der Waals surface area (Å²) in [5, 5.41) is 3.66. The Morgan fingerprint density at radius 1 is 1.20 bits per heavy atom. The van der Waals surface area contributed by atoms with Gasteiger partial charge in [-0.25, -0.2) is 0 Å². The van der Waals surface area contributed by atoms with Gasteiger partial charge in [-0.15, -0.1) is 0 Å². The van der Waals surface area contributed by atoms with E-state index >= 15 is 0 Å². The predicted octanol–water partition coefficient (Wildman–Crippen LogP) is 4.60. The van der Waals surface area contributed by atoms with Crippen LogP contribution in [0.4, 0.5) is 11.4 Å². The number of nitrogens with one attached hydrogen (secondary N) is 1. The average molecular weight is 377 g/mol. The first-order valence-electron chi connectivity index (χ1n) is 7.99. The number of anilines is 2. The number of halogens is 2. The lowest BCUT2D eigenvalue weighted by molar-refractivity contribution is -0.122. The molecule has 1 aliphatic heterocycles. The van der Waals surface area contributed by atoms with E-state index in [0.29, 0.717) is 22.3 Å². The lowest BCUT2D eigenvalue weighted by Gasteiger charge is -2.20. The molecule has 130 valence electrons. The quantitative estimate of drug-likeness (QED) is 0.850. The summed E-state index contributed by atoms with van der Waals surface area (Å²) in [6.45, 7) is 4.35. The molecule has 2 aromatic carbocycles. The molecule has 0 aliphatic carbocycles. The largest absolute Gasteiger partial charge is 0.324 e. The van der Waals surface area contributed by atoms with Crippen molar-refractivity contribution in [3.8, 4) is 0 Å². The number of nitrogens with zero attached hydrogens (tertiary/aromatic N) is 1. The topological polar surface area (TPSA) is 49.4 Å². The van der Waals surface area contributed by atoms with Crippen molar-refractivity contribution in [1.29, 1.82) is 0 Å². The van der Waals surface area contributed by atoms with Crippen molar-refractivity contribution in [2.75, 3.05) is 16.8 Å². The Hall–Kier alpha value is -2.04. The molecule has 3 rings (SSSR count). The third kappa shape index (κ3) is 3.65. The van der Waals surface area contributed by atoms with E-state index in [-0.39, 0.29) is 18.2 Å². The molecule has 0 radical (unpaired) electrons. The Labute approximate surface area is 156 Å². The number of aryl methyl sites for hydroxylation is 1. The van der Waals surface area contributed by atoms with E-state index in [0.717, 1.165) is 16.8 Å². The van der Waals surface area contributed by atoms with Gasteiger partial charge in [0.15, 0.2) is 0 Å². The lowest BCUT2D eigenvalue weighted by atomic mass is 10.1. The SMILES string of the molecule is Cc1cccc(N2C[C@@H](C(=O)Nc3ccc(Cl)cc3Cl)CC2=O)c1C. The van der Waals surface area contributed by atoms with E-state index in [4.69, 9.17) is 23.2 Å². The third-order valence-electron chi connectivity index (χ3n) is 4.55. The Morgan fingerprint density at radius 2 is 1.96 bits per heavy atom. The zero-order valence-corrected chi connectivity index (χ0v) is 15.5. The first-order chi connectivity index (χ1) is 11.9. The smallest absolute Gasteiger partial charge is 0.229 e. The van der Waals surface area contributed by atoms with Crippen LogP contribution in [0.3, 0.4) is 0 Å². The first kappa shape index (κ1) is 17.8. The number of rotatable bonds is 3. The van der Waals surface area contributed by atoms with Gasteiger partial charge in [-0.2, -0.15) is 0 Å². The van der Waals surface area contributed by atoms with Crippen molar-refractivity contribution in [2.24, 2.45) is 5.92 Å². The molecule has 2 amide bonds. The summed E-state index contributed by atoms with van der Waals surface area (Å²) in [7, 11) is 0. The minimum absolute atomic E-state index is 0.0453. The minimum Gasteiger partial charge on any atom is -0.324 e. The van der Waals surface area contributed by atoms with Gasteiger partial charge in [0, 0.05) is 23.7 Å². The van der Waals surface area contributed by atoms with Crippen LogP contribution >= 0.6 is 23.2 Å². The number of benzene rings is 2. The summed E-state index contributed by atoms with van der Waals surface area (Å²) in [6, 6.07) is 10.7.